The molecule has 12 aromatic rings. The van der Waals surface area contributed by atoms with Crippen molar-refractivity contribution in [1.82, 2.24) is 34.9 Å². The molecule has 0 saturated heterocycles. The zero-order valence-electron chi connectivity index (χ0n) is 37.8. The molecule has 0 aliphatic rings. The van der Waals surface area contributed by atoms with Crippen LogP contribution in [-0.4, -0.2) is 34.9 Å². The molecule has 0 unspecified atom stereocenters. The molecule has 0 aliphatic carbocycles. The Hall–Kier alpha value is -7.85. The second-order valence-electron chi connectivity index (χ2n) is 16.8. The Balaban J connectivity index is 0.00000291. The Kier molecular flexibility index (Phi) is 13.4. The van der Waals surface area contributed by atoms with Gasteiger partial charge in [0.15, 0.2) is 6.33 Å². The first kappa shape index (κ1) is 46.9. The van der Waals surface area contributed by atoms with E-state index in [2.05, 4.69) is 227 Å². The minimum Gasteiger partial charge on any atom is -0.326 e. The molecule has 4 aromatic heterocycles. The fraction of sp³-hybridized carbons (Fsp3) is 0.0323. The van der Waals surface area contributed by atoms with Gasteiger partial charge in [-0.05, 0) is 45.8 Å². The summed E-state index contributed by atoms with van der Waals surface area (Å²) in [4.78, 5) is 9.45. The SMILES string of the molecule is [Pd+2].[Pt+2].[c-]1c(-c2ccccn2)cccc1C(c1[c-]c2c(cc1)c1ccc(C(c3[c-]c(-c4ccccn4)ccc3)(c3ccccc3)c3ccccc3)[c-]c1n2-c1nncnn1)(c1ccccc1)c1ccccc1. The van der Waals surface area contributed by atoms with Crippen LogP contribution in [0.15, 0.2) is 237 Å². The van der Waals surface area contributed by atoms with Gasteiger partial charge >= 0.3 is 41.5 Å². The van der Waals surface area contributed by atoms with Gasteiger partial charge in [0.2, 0.25) is 0 Å². The smallest absolute Gasteiger partial charge is 0.326 e. The molecule has 9 heteroatoms. The van der Waals surface area contributed by atoms with E-state index in [1.54, 1.807) is 0 Å². The zero-order valence-corrected chi connectivity index (χ0v) is 41.6. The summed E-state index contributed by atoms with van der Waals surface area (Å²) in [5, 5.41) is 19.7. The standard InChI is InChI=1S/C62H39N7.Pd.Pt/c1-5-21-46(22-6-1)61(47-23-7-2-8-24-47,50-29-17-19-44(39-50)56-31-13-15-37-63-56)52-33-35-54-55-36-34-53(42-59(55)69(58(54)41-52)60-67-65-43-66-68-60)62(48-25-9-3-10-26-48,49-27-11-4-12-28-49)51-30-18-20-45(40-51)57-32-14-16-38-64-57;;/h1-38,43H;;/q-4;2*+2. The third-order valence-corrected chi connectivity index (χ3v) is 13.1. The number of hydrogen-bond acceptors (Lipinski definition) is 6. The van der Waals surface area contributed by atoms with Crippen LogP contribution in [0.5, 0.6) is 0 Å². The molecule has 0 radical (unpaired) electrons. The second-order valence-corrected chi connectivity index (χ2v) is 16.8. The van der Waals surface area contributed by atoms with Crippen LogP contribution in [0.1, 0.15) is 44.5 Å². The Morgan fingerprint density at radius 2 is 0.718 bits per heavy atom. The Morgan fingerprint density at radius 3 is 1.08 bits per heavy atom. The van der Waals surface area contributed by atoms with Crippen molar-refractivity contribution < 1.29 is 41.5 Å². The van der Waals surface area contributed by atoms with Crippen molar-refractivity contribution in [2.24, 2.45) is 0 Å². The maximum absolute atomic E-state index is 4.72. The van der Waals surface area contributed by atoms with Crippen molar-refractivity contribution in [3.8, 4) is 28.5 Å². The summed E-state index contributed by atoms with van der Waals surface area (Å²) >= 11 is 0. The number of rotatable bonds is 11. The van der Waals surface area contributed by atoms with Crippen molar-refractivity contribution in [3.63, 3.8) is 0 Å². The van der Waals surface area contributed by atoms with Crippen LogP contribution in [0.2, 0.25) is 0 Å². The summed E-state index contributed by atoms with van der Waals surface area (Å²) in [6, 6.07) is 91.4. The number of benzene rings is 8. The predicted molar refractivity (Wildman–Crippen MR) is 270 cm³/mol. The molecule has 0 atom stereocenters. The topological polar surface area (TPSA) is 82.3 Å². The average molecular weight is 1180 g/mol. The van der Waals surface area contributed by atoms with Crippen LogP contribution in [0.4, 0.5) is 0 Å². The normalized spacial score (nSPS) is 11.4. The van der Waals surface area contributed by atoms with E-state index in [9.17, 15) is 0 Å². The summed E-state index contributed by atoms with van der Waals surface area (Å²) < 4.78 is 2.00. The van der Waals surface area contributed by atoms with Gasteiger partial charge in [0.25, 0.3) is 5.95 Å². The minimum atomic E-state index is -0.893. The van der Waals surface area contributed by atoms with Crippen LogP contribution in [0.3, 0.4) is 0 Å². The van der Waals surface area contributed by atoms with Crippen LogP contribution >= 0.6 is 0 Å². The minimum absolute atomic E-state index is 0. The van der Waals surface area contributed by atoms with Gasteiger partial charge in [0.05, 0.1) is 0 Å². The van der Waals surface area contributed by atoms with E-state index >= 15 is 0 Å². The van der Waals surface area contributed by atoms with Crippen LogP contribution in [-0.2, 0) is 52.3 Å². The quantitative estimate of drug-likeness (QED) is 0.0729. The van der Waals surface area contributed by atoms with Gasteiger partial charge in [-0.25, -0.2) is 0 Å². The molecule has 0 fully saturated rings. The number of nitrogens with zero attached hydrogens (tertiary/aromatic N) is 7. The zero-order chi connectivity index (χ0) is 46.0. The molecular formula is C62H39N7PdPt. The summed E-state index contributed by atoms with van der Waals surface area (Å²) in [6.45, 7) is 0. The van der Waals surface area contributed by atoms with Crippen molar-refractivity contribution >= 4 is 21.8 Å². The van der Waals surface area contributed by atoms with E-state index in [0.717, 1.165) is 88.8 Å². The third-order valence-electron chi connectivity index (χ3n) is 13.1. The maximum Gasteiger partial charge on any atom is 2.00 e. The first-order valence-electron chi connectivity index (χ1n) is 22.8. The van der Waals surface area contributed by atoms with Crippen LogP contribution in [0.25, 0.3) is 50.3 Å². The summed E-state index contributed by atoms with van der Waals surface area (Å²) in [5.41, 5.74) is 11.0. The van der Waals surface area contributed by atoms with E-state index in [1.165, 1.54) is 6.33 Å². The van der Waals surface area contributed by atoms with E-state index in [0.29, 0.717) is 5.95 Å². The number of aromatic nitrogens is 7. The van der Waals surface area contributed by atoms with Crippen molar-refractivity contribution in [2.75, 3.05) is 0 Å². The van der Waals surface area contributed by atoms with Crippen LogP contribution in [0, 0.1) is 24.3 Å². The maximum atomic E-state index is 4.72. The van der Waals surface area contributed by atoms with E-state index in [1.807, 2.05) is 53.4 Å². The van der Waals surface area contributed by atoms with Gasteiger partial charge < -0.3 is 14.5 Å². The Morgan fingerprint density at radius 1 is 0.352 bits per heavy atom. The van der Waals surface area contributed by atoms with Crippen LogP contribution < -0.4 is 0 Å². The monoisotopic (exact) mass is 1180 g/mol. The van der Waals surface area contributed by atoms with E-state index in [4.69, 9.17) is 9.97 Å². The summed E-state index contributed by atoms with van der Waals surface area (Å²) in [7, 11) is 0. The first-order chi connectivity index (χ1) is 34.2. The molecule has 71 heavy (non-hydrogen) atoms. The Labute approximate surface area is 440 Å². The molecule has 0 bridgehead atoms. The molecule has 4 heterocycles. The summed E-state index contributed by atoms with van der Waals surface area (Å²) in [6.07, 6.45) is 4.98. The van der Waals surface area contributed by atoms with Gasteiger partial charge in [-0.2, -0.15) is 47.2 Å². The molecule has 342 valence electrons. The number of pyridine rings is 2. The fourth-order valence-electron chi connectivity index (χ4n) is 10.1. The third kappa shape index (κ3) is 8.15. The average Bonchev–Trinajstić information content (AvgIpc) is 3.76. The second kappa shape index (κ2) is 20.2. The molecule has 12 rings (SSSR count). The largest absolute Gasteiger partial charge is 2.00 e. The van der Waals surface area contributed by atoms with Gasteiger partial charge in [0.1, 0.15) is 0 Å². The Bertz CT molecular complexity index is 3410. The van der Waals surface area contributed by atoms with Crippen molar-refractivity contribution in [3.05, 3.63) is 306 Å². The fourth-order valence-corrected chi connectivity index (χ4v) is 10.1. The van der Waals surface area contributed by atoms with E-state index in [-0.39, 0.29) is 41.5 Å². The molecule has 0 saturated carbocycles. The molecular weight excluding hydrogens is 1140 g/mol. The van der Waals surface area contributed by atoms with Gasteiger partial charge in [0, 0.05) is 23.2 Å². The molecule has 7 nitrogen and oxygen atoms in total. The van der Waals surface area contributed by atoms with Gasteiger partial charge in [-0.15, -0.1) is 102 Å². The van der Waals surface area contributed by atoms with E-state index < -0.39 is 10.8 Å². The first-order valence-corrected chi connectivity index (χ1v) is 22.8. The summed E-state index contributed by atoms with van der Waals surface area (Å²) in [5.74, 6) is 0.293. The molecule has 0 aliphatic heterocycles. The van der Waals surface area contributed by atoms with Crippen molar-refractivity contribution in [1.29, 1.82) is 0 Å². The van der Waals surface area contributed by atoms with Gasteiger partial charge in [-0.3, -0.25) is 0 Å². The molecule has 8 aromatic carbocycles. The van der Waals surface area contributed by atoms with Crippen molar-refractivity contribution in [2.45, 2.75) is 10.8 Å². The van der Waals surface area contributed by atoms with Gasteiger partial charge in [-0.1, -0.05) is 157 Å². The number of hydrogen-bond donors (Lipinski definition) is 0. The molecule has 0 N–H and O–H groups in total. The predicted octanol–water partition coefficient (Wildman–Crippen LogP) is 12.4. The number of fused-ring (bicyclic) bond motifs is 3. The molecule has 0 amide bonds. The molecule has 0 spiro atoms.